The van der Waals surface area contributed by atoms with Crippen molar-refractivity contribution in [3.8, 4) is 11.8 Å². The molecule has 1 fully saturated rings. The van der Waals surface area contributed by atoms with E-state index < -0.39 is 0 Å². The molecule has 1 aromatic carbocycles. The number of fused-ring (bicyclic) bond motifs is 1. The van der Waals surface area contributed by atoms with Gasteiger partial charge in [0.1, 0.15) is 17.9 Å². The van der Waals surface area contributed by atoms with Gasteiger partial charge in [-0.1, -0.05) is 26.3 Å². The lowest BCUT2D eigenvalue weighted by Gasteiger charge is -2.34. The number of rotatable bonds is 4. The number of aromatic nitrogens is 2. The molecule has 3 rings (SSSR count). The van der Waals surface area contributed by atoms with Crippen LogP contribution in [0.5, 0.6) is 5.75 Å². The second-order valence-electron chi connectivity index (χ2n) is 6.41. The second kappa shape index (κ2) is 5.07. The highest BCUT2D eigenvalue weighted by atomic mass is 16.5. The van der Waals surface area contributed by atoms with Gasteiger partial charge < -0.3 is 4.74 Å². The third-order valence-electron chi connectivity index (χ3n) is 4.46. The maximum Gasteiger partial charge on any atom is 0.147 e. The Kier molecular flexibility index (Phi) is 3.36. The summed E-state index contributed by atoms with van der Waals surface area (Å²) in [4.78, 5) is 0. The molecule has 1 heterocycles. The first-order valence-electron chi connectivity index (χ1n) is 7.55. The van der Waals surface area contributed by atoms with Gasteiger partial charge in [0.25, 0.3) is 0 Å². The molecule has 1 aromatic heterocycles. The second-order valence-corrected chi connectivity index (χ2v) is 6.41. The molecule has 0 unspecified atom stereocenters. The Balaban J connectivity index is 1.93. The molecule has 0 radical (unpaired) electrons. The molecule has 1 saturated carbocycles. The van der Waals surface area contributed by atoms with Crippen molar-refractivity contribution >= 4 is 10.9 Å². The van der Waals surface area contributed by atoms with Gasteiger partial charge in [0.2, 0.25) is 0 Å². The van der Waals surface area contributed by atoms with Gasteiger partial charge in [-0.25, -0.2) is 0 Å². The highest BCUT2D eigenvalue weighted by Crippen LogP contribution is 2.41. The van der Waals surface area contributed by atoms with Crippen LogP contribution in [0, 0.1) is 16.7 Å². The van der Waals surface area contributed by atoms with Crippen molar-refractivity contribution in [2.24, 2.45) is 12.5 Å². The first-order valence-corrected chi connectivity index (χ1v) is 7.55. The fraction of sp³-hybridized carbons (Fsp3) is 0.529. The standard InChI is InChI=1S/C17H21N3O/c1-12(2)13-5-6-15(16-14(13)9-20(3)19-16)21-11-17(10-18)7-4-8-17/h5-6,9,12H,4,7-8,11H2,1-3H3. The molecular formula is C17H21N3O. The van der Waals surface area contributed by atoms with Gasteiger partial charge in [-0.05, 0) is 30.4 Å². The summed E-state index contributed by atoms with van der Waals surface area (Å²) in [6, 6.07) is 6.53. The van der Waals surface area contributed by atoms with E-state index in [1.807, 2.05) is 24.0 Å². The molecule has 0 atom stereocenters. The Labute approximate surface area is 125 Å². The van der Waals surface area contributed by atoms with Crippen molar-refractivity contribution in [1.29, 1.82) is 5.26 Å². The highest BCUT2D eigenvalue weighted by molar-refractivity contribution is 5.87. The molecule has 0 N–H and O–H groups in total. The van der Waals surface area contributed by atoms with Crippen LogP contribution in [0.15, 0.2) is 18.3 Å². The minimum absolute atomic E-state index is 0.280. The Morgan fingerprint density at radius 3 is 2.76 bits per heavy atom. The van der Waals surface area contributed by atoms with Crippen LogP contribution in [-0.2, 0) is 7.05 Å². The van der Waals surface area contributed by atoms with E-state index in [0.29, 0.717) is 12.5 Å². The van der Waals surface area contributed by atoms with Crippen molar-refractivity contribution in [2.75, 3.05) is 6.61 Å². The first-order chi connectivity index (χ1) is 10.0. The van der Waals surface area contributed by atoms with E-state index in [-0.39, 0.29) is 5.41 Å². The third kappa shape index (κ3) is 2.37. The fourth-order valence-corrected chi connectivity index (χ4v) is 2.94. The Morgan fingerprint density at radius 2 is 2.19 bits per heavy atom. The van der Waals surface area contributed by atoms with Crippen molar-refractivity contribution in [1.82, 2.24) is 9.78 Å². The number of nitriles is 1. The van der Waals surface area contributed by atoms with E-state index in [1.165, 1.54) is 5.56 Å². The molecule has 1 aliphatic rings. The van der Waals surface area contributed by atoms with Crippen molar-refractivity contribution in [3.63, 3.8) is 0 Å². The highest BCUT2D eigenvalue weighted by Gasteiger charge is 2.38. The fourth-order valence-electron chi connectivity index (χ4n) is 2.94. The van der Waals surface area contributed by atoms with Crippen LogP contribution in [-0.4, -0.2) is 16.4 Å². The summed E-state index contributed by atoms with van der Waals surface area (Å²) < 4.78 is 7.79. The minimum atomic E-state index is -0.280. The van der Waals surface area contributed by atoms with Crippen molar-refractivity contribution in [3.05, 3.63) is 23.9 Å². The van der Waals surface area contributed by atoms with Gasteiger partial charge in [0.05, 0.1) is 11.5 Å². The summed E-state index contributed by atoms with van der Waals surface area (Å²) in [6.45, 7) is 4.83. The number of hydrogen-bond acceptors (Lipinski definition) is 3. The molecule has 0 spiro atoms. The predicted molar refractivity (Wildman–Crippen MR) is 82.2 cm³/mol. The van der Waals surface area contributed by atoms with Crippen molar-refractivity contribution in [2.45, 2.75) is 39.0 Å². The molecule has 0 bridgehead atoms. The molecule has 0 amide bonds. The lowest BCUT2D eigenvalue weighted by Crippen LogP contribution is -2.34. The van der Waals surface area contributed by atoms with Crippen LogP contribution < -0.4 is 4.74 Å². The molecule has 2 aromatic rings. The van der Waals surface area contributed by atoms with E-state index in [2.05, 4.69) is 31.1 Å². The molecule has 110 valence electrons. The van der Waals surface area contributed by atoms with Crippen LogP contribution in [0.2, 0.25) is 0 Å². The summed E-state index contributed by atoms with van der Waals surface area (Å²) in [6.07, 6.45) is 5.06. The van der Waals surface area contributed by atoms with Gasteiger partial charge in [-0.3, -0.25) is 4.68 Å². The monoisotopic (exact) mass is 283 g/mol. The molecule has 4 heteroatoms. The number of hydrogen-bond donors (Lipinski definition) is 0. The largest absolute Gasteiger partial charge is 0.490 e. The zero-order valence-electron chi connectivity index (χ0n) is 12.9. The van der Waals surface area contributed by atoms with Crippen LogP contribution in [0.4, 0.5) is 0 Å². The lowest BCUT2D eigenvalue weighted by molar-refractivity contribution is 0.116. The van der Waals surface area contributed by atoms with E-state index in [9.17, 15) is 5.26 Å². The molecule has 1 aliphatic carbocycles. The molecule has 0 aliphatic heterocycles. The van der Waals surface area contributed by atoms with Gasteiger partial charge in [0, 0.05) is 18.6 Å². The minimum Gasteiger partial charge on any atom is -0.490 e. The number of ether oxygens (including phenoxy) is 1. The third-order valence-corrected chi connectivity index (χ3v) is 4.46. The van der Waals surface area contributed by atoms with Crippen molar-refractivity contribution < 1.29 is 4.74 Å². The smallest absolute Gasteiger partial charge is 0.147 e. The molecule has 21 heavy (non-hydrogen) atoms. The average Bonchev–Trinajstić information content (AvgIpc) is 2.78. The van der Waals surface area contributed by atoms with Crippen LogP contribution in [0.1, 0.15) is 44.6 Å². The van der Waals surface area contributed by atoms with Gasteiger partial charge >= 0.3 is 0 Å². The summed E-state index contributed by atoms with van der Waals surface area (Å²) in [5.41, 5.74) is 1.90. The molecule has 0 saturated heterocycles. The zero-order valence-corrected chi connectivity index (χ0v) is 12.9. The van der Waals surface area contributed by atoms with Gasteiger partial charge in [0.15, 0.2) is 0 Å². The summed E-state index contributed by atoms with van der Waals surface area (Å²) in [5.74, 6) is 1.24. The average molecular weight is 283 g/mol. The van der Waals surface area contributed by atoms with E-state index >= 15 is 0 Å². The topological polar surface area (TPSA) is 50.8 Å². The Hall–Kier alpha value is -2.02. The van der Waals surface area contributed by atoms with E-state index in [4.69, 9.17) is 4.74 Å². The Bertz CT molecular complexity index is 705. The van der Waals surface area contributed by atoms with Gasteiger partial charge in [-0.2, -0.15) is 10.4 Å². The summed E-state index contributed by atoms with van der Waals surface area (Å²) >= 11 is 0. The van der Waals surface area contributed by atoms with Crippen LogP contribution in [0.3, 0.4) is 0 Å². The first kappa shape index (κ1) is 13.9. The summed E-state index contributed by atoms with van der Waals surface area (Å²) in [7, 11) is 1.93. The van der Waals surface area contributed by atoms with Crippen LogP contribution in [0.25, 0.3) is 10.9 Å². The Morgan fingerprint density at radius 1 is 1.43 bits per heavy atom. The predicted octanol–water partition coefficient (Wildman–Crippen LogP) is 3.77. The summed E-state index contributed by atoms with van der Waals surface area (Å²) in [5, 5.41) is 15.0. The van der Waals surface area contributed by atoms with E-state index in [1.54, 1.807) is 0 Å². The molecule has 4 nitrogen and oxygen atoms in total. The zero-order chi connectivity index (χ0) is 15.0. The SMILES string of the molecule is CC(C)c1ccc(OCC2(C#N)CCC2)c2nn(C)cc12. The number of aryl methyl sites for hydroxylation is 1. The molecular weight excluding hydrogens is 262 g/mol. The normalized spacial score (nSPS) is 16.7. The quantitative estimate of drug-likeness (QED) is 0.858. The number of nitrogens with zero attached hydrogens (tertiary/aromatic N) is 3. The maximum absolute atomic E-state index is 9.30. The number of benzene rings is 1. The maximum atomic E-state index is 9.30. The lowest BCUT2D eigenvalue weighted by atomic mass is 9.71. The van der Waals surface area contributed by atoms with Gasteiger partial charge in [-0.15, -0.1) is 0 Å². The van der Waals surface area contributed by atoms with Crippen LogP contribution >= 0.6 is 0 Å². The van der Waals surface area contributed by atoms with E-state index in [0.717, 1.165) is 35.9 Å².